The molecule has 96 valence electrons. The highest BCUT2D eigenvalue weighted by Crippen LogP contribution is 2.24. The molecule has 2 N–H and O–H groups in total. The molecule has 0 saturated carbocycles. The van der Waals surface area contributed by atoms with Gasteiger partial charge in [0.05, 0.1) is 0 Å². The van der Waals surface area contributed by atoms with Crippen molar-refractivity contribution in [3.8, 4) is 0 Å². The number of benzene rings is 1. The third kappa shape index (κ3) is 3.53. The lowest BCUT2D eigenvalue weighted by molar-refractivity contribution is 0.608. The molecule has 0 atom stereocenters. The van der Waals surface area contributed by atoms with Gasteiger partial charge < -0.3 is 5.73 Å². The van der Waals surface area contributed by atoms with Gasteiger partial charge in [-0.15, -0.1) is 11.8 Å². The van der Waals surface area contributed by atoms with Crippen molar-refractivity contribution in [2.75, 3.05) is 11.5 Å². The van der Waals surface area contributed by atoms with E-state index in [2.05, 4.69) is 37.1 Å². The van der Waals surface area contributed by atoms with Gasteiger partial charge in [-0.2, -0.15) is 5.10 Å². The van der Waals surface area contributed by atoms with Crippen LogP contribution in [0.3, 0.4) is 0 Å². The second-order valence-electron chi connectivity index (χ2n) is 4.47. The highest BCUT2D eigenvalue weighted by Gasteiger charge is 2.00. The van der Waals surface area contributed by atoms with Gasteiger partial charge in [0.2, 0.25) is 0 Å². The average Bonchev–Trinajstić information content (AvgIpc) is 2.75. The predicted molar refractivity (Wildman–Crippen MR) is 77.9 cm³/mol. The van der Waals surface area contributed by atoms with Crippen LogP contribution in [0.25, 0.3) is 0 Å². The maximum atomic E-state index is 5.57. The van der Waals surface area contributed by atoms with Gasteiger partial charge in [-0.1, -0.05) is 17.7 Å². The quantitative estimate of drug-likeness (QED) is 0.663. The standard InChI is InChI=1S/C14H19N3S/c1-11-4-5-12(2)13(10-11)18-9-3-7-17-8-6-14(15)16-17/h4-6,8,10H,3,7,9H2,1-2H3,(H2,15,16). The van der Waals surface area contributed by atoms with Crippen LogP contribution < -0.4 is 5.73 Å². The molecule has 0 aliphatic heterocycles. The van der Waals surface area contributed by atoms with Crippen LogP contribution >= 0.6 is 11.8 Å². The molecule has 3 nitrogen and oxygen atoms in total. The van der Waals surface area contributed by atoms with Crippen LogP contribution in [-0.2, 0) is 6.54 Å². The third-order valence-electron chi connectivity index (χ3n) is 2.79. The Morgan fingerprint density at radius 1 is 1.28 bits per heavy atom. The Balaban J connectivity index is 1.80. The molecule has 0 bridgehead atoms. The second kappa shape index (κ2) is 5.96. The Morgan fingerprint density at radius 3 is 2.83 bits per heavy atom. The fourth-order valence-electron chi connectivity index (χ4n) is 1.77. The lowest BCUT2D eigenvalue weighted by Crippen LogP contribution is -2.00. The summed E-state index contributed by atoms with van der Waals surface area (Å²) in [6, 6.07) is 8.43. The zero-order valence-electron chi connectivity index (χ0n) is 10.9. The van der Waals surface area contributed by atoms with Gasteiger partial charge in [0.15, 0.2) is 0 Å². The van der Waals surface area contributed by atoms with Crippen molar-refractivity contribution in [3.63, 3.8) is 0 Å². The Morgan fingerprint density at radius 2 is 2.11 bits per heavy atom. The zero-order chi connectivity index (χ0) is 13.0. The molecule has 1 aromatic heterocycles. The van der Waals surface area contributed by atoms with Crippen LogP contribution in [0.5, 0.6) is 0 Å². The summed E-state index contributed by atoms with van der Waals surface area (Å²) in [5.41, 5.74) is 8.25. The largest absolute Gasteiger partial charge is 0.382 e. The Hall–Kier alpha value is -1.42. The first-order valence-electron chi connectivity index (χ1n) is 6.14. The molecule has 0 radical (unpaired) electrons. The van der Waals surface area contributed by atoms with E-state index in [1.807, 2.05) is 28.7 Å². The molecular weight excluding hydrogens is 242 g/mol. The van der Waals surface area contributed by atoms with E-state index in [1.54, 1.807) is 0 Å². The molecule has 0 saturated heterocycles. The van der Waals surface area contributed by atoms with Crippen LogP contribution in [0, 0.1) is 13.8 Å². The molecule has 0 fully saturated rings. The molecular formula is C14H19N3S. The summed E-state index contributed by atoms with van der Waals surface area (Å²) < 4.78 is 1.90. The van der Waals surface area contributed by atoms with Gasteiger partial charge in [0.25, 0.3) is 0 Å². The van der Waals surface area contributed by atoms with Gasteiger partial charge >= 0.3 is 0 Å². The molecule has 0 unspecified atom stereocenters. The van der Waals surface area contributed by atoms with E-state index in [9.17, 15) is 0 Å². The van der Waals surface area contributed by atoms with E-state index >= 15 is 0 Å². The molecule has 1 heterocycles. The number of nitrogens with two attached hydrogens (primary N) is 1. The van der Waals surface area contributed by atoms with Gasteiger partial charge in [-0.3, -0.25) is 4.68 Å². The van der Waals surface area contributed by atoms with Crippen LogP contribution in [0.1, 0.15) is 17.5 Å². The molecule has 1 aromatic carbocycles. The molecule has 0 aliphatic carbocycles. The first kappa shape index (κ1) is 13.0. The van der Waals surface area contributed by atoms with Crippen molar-refractivity contribution in [3.05, 3.63) is 41.6 Å². The number of anilines is 1. The lowest BCUT2D eigenvalue weighted by atomic mass is 10.2. The van der Waals surface area contributed by atoms with Gasteiger partial charge in [-0.05, 0) is 43.7 Å². The van der Waals surface area contributed by atoms with Crippen molar-refractivity contribution in [2.24, 2.45) is 0 Å². The summed E-state index contributed by atoms with van der Waals surface area (Å²) in [5.74, 6) is 1.70. The first-order valence-corrected chi connectivity index (χ1v) is 7.13. The average molecular weight is 261 g/mol. The van der Waals surface area contributed by atoms with E-state index < -0.39 is 0 Å². The van der Waals surface area contributed by atoms with Crippen LogP contribution in [0.4, 0.5) is 5.82 Å². The van der Waals surface area contributed by atoms with Gasteiger partial charge in [0, 0.05) is 17.6 Å². The smallest absolute Gasteiger partial charge is 0.145 e. The molecule has 0 amide bonds. The van der Waals surface area contributed by atoms with Gasteiger partial charge in [-0.25, -0.2) is 0 Å². The minimum Gasteiger partial charge on any atom is -0.382 e. The molecule has 2 aromatic rings. The summed E-state index contributed by atoms with van der Waals surface area (Å²) in [6.07, 6.45) is 3.02. The van der Waals surface area contributed by atoms with E-state index in [4.69, 9.17) is 5.73 Å². The van der Waals surface area contributed by atoms with E-state index in [1.165, 1.54) is 16.0 Å². The number of thioether (sulfide) groups is 1. The SMILES string of the molecule is Cc1ccc(C)c(SCCCn2ccc(N)n2)c1. The van der Waals surface area contributed by atoms with E-state index in [0.29, 0.717) is 5.82 Å². The molecule has 18 heavy (non-hydrogen) atoms. The van der Waals surface area contributed by atoms with Crippen molar-refractivity contribution in [1.82, 2.24) is 9.78 Å². The fraction of sp³-hybridized carbons (Fsp3) is 0.357. The molecule has 2 rings (SSSR count). The summed E-state index contributed by atoms with van der Waals surface area (Å²) in [4.78, 5) is 1.38. The maximum absolute atomic E-state index is 5.57. The summed E-state index contributed by atoms with van der Waals surface area (Å²) in [6.45, 7) is 5.22. The number of aryl methyl sites for hydroxylation is 3. The van der Waals surface area contributed by atoms with Crippen LogP contribution in [0.15, 0.2) is 35.4 Å². The van der Waals surface area contributed by atoms with Crippen molar-refractivity contribution in [2.45, 2.75) is 31.7 Å². The minimum absolute atomic E-state index is 0.595. The Bertz CT molecular complexity index is 520. The minimum atomic E-state index is 0.595. The van der Waals surface area contributed by atoms with Crippen molar-refractivity contribution < 1.29 is 0 Å². The van der Waals surface area contributed by atoms with Crippen molar-refractivity contribution >= 4 is 17.6 Å². The monoisotopic (exact) mass is 261 g/mol. The Kier molecular flexibility index (Phi) is 4.31. The highest BCUT2D eigenvalue weighted by atomic mass is 32.2. The maximum Gasteiger partial charge on any atom is 0.145 e. The zero-order valence-corrected chi connectivity index (χ0v) is 11.7. The molecule has 4 heteroatoms. The van der Waals surface area contributed by atoms with Crippen LogP contribution in [0.2, 0.25) is 0 Å². The van der Waals surface area contributed by atoms with E-state index in [0.717, 1.165) is 18.7 Å². The summed E-state index contributed by atoms with van der Waals surface area (Å²) in [7, 11) is 0. The predicted octanol–water partition coefficient (Wildman–Crippen LogP) is 3.26. The van der Waals surface area contributed by atoms with Gasteiger partial charge in [0.1, 0.15) is 5.82 Å². The van der Waals surface area contributed by atoms with Crippen LogP contribution in [-0.4, -0.2) is 15.5 Å². The van der Waals surface area contributed by atoms with E-state index in [-0.39, 0.29) is 0 Å². The second-order valence-corrected chi connectivity index (χ2v) is 5.61. The number of aromatic nitrogens is 2. The summed E-state index contributed by atoms with van der Waals surface area (Å²) in [5, 5.41) is 4.17. The number of hydrogen-bond acceptors (Lipinski definition) is 3. The molecule has 0 aliphatic rings. The normalized spacial score (nSPS) is 10.8. The highest BCUT2D eigenvalue weighted by molar-refractivity contribution is 7.99. The topological polar surface area (TPSA) is 43.8 Å². The lowest BCUT2D eigenvalue weighted by Gasteiger charge is -2.06. The number of rotatable bonds is 5. The third-order valence-corrected chi connectivity index (χ3v) is 4.04. The number of nitrogen functional groups attached to an aromatic ring is 1. The number of hydrogen-bond donors (Lipinski definition) is 1. The first-order chi connectivity index (χ1) is 8.65. The Labute approximate surface area is 112 Å². The van der Waals surface area contributed by atoms with Crippen molar-refractivity contribution in [1.29, 1.82) is 0 Å². The molecule has 0 spiro atoms. The fourth-order valence-corrected chi connectivity index (χ4v) is 2.83. The summed E-state index contributed by atoms with van der Waals surface area (Å²) >= 11 is 1.91. The number of nitrogens with zero attached hydrogens (tertiary/aromatic N) is 2.